The van der Waals surface area contributed by atoms with E-state index < -0.39 is 11.6 Å². The maximum Gasteiger partial charge on any atom is 0.163 e. The maximum atomic E-state index is 13.9. The molecule has 0 aliphatic carbocycles. The van der Waals surface area contributed by atoms with Gasteiger partial charge in [0.05, 0.1) is 25.4 Å². The van der Waals surface area contributed by atoms with E-state index in [0.29, 0.717) is 25.4 Å². The van der Waals surface area contributed by atoms with Crippen LogP contribution in [0.3, 0.4) is 0 Å². The molecule has 0 saturated carbocycles. The van der Waals surface area contributed by atoms with Gasteiger partial charge in [-0.05, 0) is 25.5 Å². The molecular formula is C15H21F2NO2. The molecule has 1 N–H and O–H groups in total. The average Bonchev–Trinajstić information content (AvgIpc) is 2.96. The summed E-state index contributed by atoms with van der Waals surface area (Å²) in [6.07, 6.45) is 1.82. The van der Waals surface area contributed by atoms with E-state index in [9.17, 15) is 8.78 Å². The SMILES string of the molecule is CCCNC(COC1CCOC1)c1cccc(F)c1F. The van der Waals surface area contributed by atoms with Crippen molar-refractivity contribution < 1.29 is 18.3 Å². The minimum absolute atomic E-state index is 0.0533. The second kappa shape index (κ2) is 7.67. The van der Waals surface area contributed by atoms with E-state index in [4.69, 9.17) is 9.47 Å². The van der Waals surface area contributed by atoms with Crippen molar-refractivity contribution in [3.8, 4) is 0 Å². The Kier molecular flexibility index (Phi) is 5.88. The smallest absolute Gasteiger partial charge is 0.163 e. The lowest BCUT2D eigenvalue weighted by atomic mass is 10.1. The van der Waals surface area contributed by atoms with Gasteiger partial charge in [0.1, 0.15) is 0 Å². The summed E-state index contributed by atoms with van der Waals surface area (Å²) in [7, 11) is 0. The zero-order valence-electron chi connectivity index (χ0n) is 11.7. The number of benzene rings is 1. The van der Waals surface area contributed by atoms with Crippen LogP contribution in [0.5, 0.6) is 0 Å². The van der Waals surface area contributed by atoms with Crippen molar-refractivity contribution >= 4 is 0 Å². The van der Waals surface area contributed by atoms with E-state index in [-0.39, 0.29) is 12.1 Å². The Morgan fingerprint density at radius 3 is 3.00 bits per heavy atom. The average molecular weight is 285 g/mol. The van der Waals surface area contributed by atoms with Gasteiger partial charge >= 0.3 is 0 Å². The fraction of sp³-hybridized carbons (Fsp3) is 0.600. The molecule has 1 saturated heterocycles. The van der Waals surface area contributed by atoms with E-state index >= 15 is 0 Å². The summed E-state index contributed by atoms with van der Waals surface area (Å²) < 4.78 is 38.2. The van der Waals surface area contributed by atoms with Gasteiger partial charge in [-0.3, -0.25) is 0 Å². The molecular weight excluding hydrogens is 264 g/mol. The Morgan fingerprint density at radius 1 is 1.45 bits per heavy atom. The Labute approximate surface area is 118 Å². The van der Waals surface area contributed by atoms with E-state index in [1.54, 1.807) is 6.07 Å². The Bertz CT molecular complexity index is 422. The van der Waals surface area contributed by atoms with Crippen molar-refractivity contribution in [3.05, 3.63) is 35.4 Å². The standard InChI is InChI=1S/C15H21F2NO2/c1-2-7-18-14(10-20-11-6-8-19-9-11)12-4-3-5-13(16)15(12)17/h3-5,11,14,18H,2,6-10H2,1H3. The van der Waals surface area contributed by atoms with Crippen molar-refractivity contribution in [1.29, 1.82) is 0 Å². The molecule has 0 bridgehead atoms. The van der Waals surface area contributed by atoms with Crippen LogP contribution in [-0.2, 0) is 9.47 Å². The van der Waals surface area contributed by atoms with Crippen LogP contribution in [0.1, 0.15) is 31.4 Å². The van der Waals surface area contributed by atoms with Gasteiger partial charge in [0, 0.05) is 12.2 Å². The summed E-state index contributed by atoms with van der Waals surface area (Å²) in [5.74, 6) is -1.62. The minimum atomic E-state index is -0.824. The number of hydrogen-bond acceptors (Lipinski definition) is 3. The topological polar surface area (TPSA) is 30.5 Å². The van der Waals surface area contributed by atoms with E-state index in [0.717, 1.165) is 25.5 Å². The number of ether oxygens (including phenoxy) is 2. The van der Waals surface area contributed by atoms with Crippen LogP contribution in [0.25, 0.3) is 0 Å². The van der Waals surface area contributed by atoms with Gasteiger partial charge in [-0.25, -0.2) is 8.78 Å². The number of rotatable bonds is 7. The van der Waals surface area contributed by atoms with Crippen molar-refractivity contribution in [1.82, 2.24) is 5.32 Å². The molecule has 0 spiro atoms. The minimum Gasteiger partial charge on any atom is -0.379 e. The van der Waals surface area contributed by atoms with Crippen molar-refractivity contribution in [2.45, 2.75) is 31.9 Å². The van der Waals surface area contributed by atoms with Gasteiger partial charge < -0.3 is 14.8 Å². The molecule has 1 aromatic rings. The third-order valence-electron chi connectivity index (χ3n) is 3.38. The summed E-state index contributed by atoms with van der Waals surface area (Å²) in [6.45, 7) is 4.34. The van der Waals surface area contributed by atoms with Gasteiger partial charge in [0.2, 0.25) is 0 Å². The fourth-order valence-corrected chi connectivity index (χ4v) is 2.24. The van der Waals surface area contributed by atoms with Crippen molar-refractivity contribution in [2.24, 2.45) is 0 Å². The molecule has 0 aromatic heterocycles. The molecule has 2 atom stereocenters. The Morgan fingerprint density at radius 2 is 2.30 bits per heavy atom. The Balaban J connectivity index is 2.03. The quantitative estimate of drug-likeness (QED) is 0.835. The summed E-state index contributed by atoms with van der Waals surface area (Å²) in [5, 5.41) is 3.21. The van der Waals surface area contributed by atoms with Crippen molar-refractivity contribution in [2.75, 3.05) is 26.4 Å². The van der Waals surface area contributed by atoms with Crippen LogP contribution in [-0.4, -0.2) is 32.5 Å². The van der Waals surface area contributed by atoms with E-state index in [1.807, 2.05) is 6.92 Å². The number of halogens is 2. The first kappa shape index (κ1) is 15.4. The summed E-state index contributed by atoms with van der Waals surface area (Å²) >= 11 is 0. The second-order valence-electron chi connectivity index (χ2n) is 4.97. The predicted octanol–water partition coefficient (Wildman–Crippen LogP) is 2.81. The first-order valence-electron chi connectivity index (χ1n) is 7.09. The molecule has 112 valence electrons. The van der Waals surface area contributed by atoms with Gasteiger partial charge in [-0.1, -0.05) is 19.1 Å². The number of hydrogen-bond donors (Lipinski definition) is 1. The molecule has 2 rings (SSSR count). The predicted molar refractivity (Wildman–Crippen MR) is 72.6 cm³/mol. The fourth-order valence-electron chi connectivity index (χ4n) is 2.24. The summed E-state index contributed by atoms with van der Waals surface area (Å²) in [6, 6.07) is 3.90. The van der Waals surface area contributed by atoms with Crippen LogP contribution < -0.4 is 5.32 Å². The molecule has 3 nitrogen and oxygen atoms in total. The highest BCUT2D eigenvalue weighted by Crippen LogP contribution is 2.21. The third-order valence-corrected chi connectivity index (χ3v) is 3.38. The first-order valence-corrected chi connectivity index (χ1v) is 7.09. The molecule has 1 heterocycles. The van der Waals surface area contributed by atoms with E-state index in [2.05, 4.69) is 5.32 Å². The van der Waals surface area contributed by atoms with Gasteiger partial charge in [-0.15, -0.1) is 0 Å². The zero-order chi connectivity index (χ0) is 14.4. The normalized spacial score (nSPS) is 20.2. The third kappa shape index (κ3) is 3.98. The highest BCUT2D eigenvalue weighted by Gasteiger charge is 2.21. The van der Waals surface area contributed by atoms with Crippen LogP contribution >= 0.6 is 0 Å². The van der Waals surface area contributed by atoms with Crippen LogP contribution in [0.4, 0.5) is 8.78 Å². The molecule has 1 aliphatic rings. The summed E-state index contributed by atoms with van der Waals surface area (Å²) in [5.41, 5.74) is 0.317. The Hall–Kier alpha value is -1.04. The molecule has 2 unspecified atom stereocenters. The first-order chi connectivity index (χ1) is 9.72. The maximum absolute atomic E-state index is 13.9. The lowest BCUT2D eigenvalue weighted by molar-refractivity contribution is 0.0292. The zero-order valence-corrected chi connectivity index (χ0v) is 11.7. The lowest BCUT2D eigenvalue weighted by Gasteiger charge is -2.21. The van der Waals surface area contributed by atoms with Crippen molar-refractivity contribution in [3.63, 3.8) is 0 Å². The number of nitrogens with one attached hydrogen (secondary N) is 1. The van der Waals surface area contributed by atoms with Gasteiger partial charge in [0.25, 0.3) is 0 Å². The monoisotopic (exact) mass is 285 g/mol. The second-order valence-corrected chi connectivity index (χ2v) is 4.97. The molecule has 20 heavy (non-hydrogen) atoms. The molecule has 0 radical (unpaired) electrons. The van der Waals surface area contributed by atoms with Crippen LogP contribution in [0.2, 0.25) is 0 Å². The molecule has 5 heteroatoms. The van der Waals surface area contributed by atoms with Gasteiger partial charge in [-0.2, -0.15) is 0 Å². The van der Waals surface area contributed by atoms with Crippen LogP contribution in [0.15, 0.2) is 18.2 Å². The van der Waals surface area contributed by atoms with E-state index in [1.165, 1.54) is 6.07 Å². The highest BCUT2D eigenvalue weighted by molar-refractivity contribution is 5.22. The summed E-state index contributed by atoms with van der Waals surface area (Å²) in [4.78, 5) is 0. The highest BCUT2D eigenvalue weighted by atomic mass is 19.2. The molecule has 1 aromatic carbocycles. The largest absolute Gasteiger partial charge is 0.379 e. The lowest BCUT2D eigenvalue weighted by Crippen LogP contribution is -2.29. The molecule has 1 aliphatic heterocycles. The molecule has 0 amide bonds. The van der Waals surface area contributed by atoms with Crippen LogP contribution in [0, 0.1) is 11.6 Å². The van der Waals surface area contributed by atoms with Gasteiger partial charge in [0.15, 0.2) is 11.6 Å². The molecule has 1 fully saturated rings.